The summed E-state index contributed by atoms with van der Waals surface area (Å²) in [4.78, 5) is 0. The average molecular weight is 244 g/mol. The Labute approximate surface area is 110 Å². The minimum absolute atomic E-state index is 0.701. The first kappa shape index (κ1) is 11.9. The van der Waals surface area contributed by atoms with Crippen molar-refractivity contribution in [1.82, 2.24) is 0 Å². The summed E-state index contributed by atoms with van der Waals surface area (Å²) < 4.78 is 0. The molecule has 2 nitrogen and oxygen atoms in total. The predicted octanol–water partition coefficient (Wildman–Crippen LogP) is 4.40. The van der Waals surface area contributed by atoms with Crippen LogP contribution in [0.3, 0.4) is 0 Å². The molecule has 2 saturated carbocycles. The fourth-order valence-corrected chi connectivity index (χ4v) is 3.31. The maximum absolute atomic E-state index is 3.67. The zero-order chi connectivity index (χ0) is 12.2. The molecule has 1 aromatic rings. The summed E-state index contributed by atoms with van der Waals surface area (Å²) in [6, 6.07) is 10.2. The molecule has 0 bridgehead atoms. The van der Waals surface area contributed by atoms with Crippen LogP contribution < -0.4 is 10.6 Å². The van der Waals surface area contributed by atoms with E-state index in [9.17, 15) is 0 Å². The van der Waals surface area contributed by atoms with E-state index >= 15 is 0 Å². The SMILES string of the molecule is c1cc(NC2CCCC2)cc(NC2CCCC2)c1. The standard InChI is InChI=1S/C16H24N2/c1-2-7-13(6-1)17-15-10-5-11-16(12-15)18-14-8-3-4-9-14/h5,10-14,17-18H,1-4,6-9H2. The van der Waals surface area contributed by atoms with Gasteiger partial charge in [-0.1, -0.05) is 31.7 Å². The Hall–Kier alpha value is -1.18. The quantitative estimate of drug-likeness (QED) is 0.820. The van der Waals surface area contributed by atoms with Crippen LogP contribution in [0.15, 0.2) is 24.3 Å². The summed E-state index contributed by atoms with van der Waals surface area (Å²) in [5, 5.41) is 7.33. The molecule has 98 valence electrons. The lowest BCUT2D eigenvalue weighted by molar-refractivity contribution is 0.751. The highest BCUT2D eigenvalue weighted by molar-refractivity contribution is 5.57. The topological polar surface area (TPSA) is 24.1 Å². The third-order valence-corrected chi connectivity index (χ3v) is 4.31. The van der Waals surface area contributed by atoms with Crippen LogP contribution >= 0.6 is 0 Å². The number of nitrogens with one attached hydrogen (secondary N) is 2. The first-order valence-corrected chi connectivity index (χ1v) is 7.53. The lowest BCUT2D eigenvalue weighted by atomic mass is 10.2. The van der Waals surface area contributed by atoms with Crippen LogP contribution in [0.25, 0.3) is 0 Å². The van der Waals surface area contributed by atoms with Crippen molar-refractivity contribution in [2.45, 2.75) is 63.5 Å². The zero-order valence-electron chi connectivity index (χ0n) is 11.1. The second-order valence-corrected chi connectivity index (χ2v) is 5.83. The van der Waals surface area contributed by atoms with Gasteiger partial charge in [-0.2, -0.15) is 0 Å². The summed E-state index contributed by atoms with van der Waals surface area (Å²) in [5.41, 5.74) is 2.56. The van der Waals surface area contributed by atoms with E-state index in [1.165, 1.54) is 62.7 Å². The van der Waals surface area contributed by atoms with Crippen molar-refractivity contribution < 1.29 is 0 Å². The summed E-state index contributed by atoms with van der Waals surface area (Å²) in [6.07, 6.45) is 10.9. The highest BCUT2D eigenvalue weighted by atomic mass is 14.9. The van der Waals surface area contributed by atoms with Crippen molar-refractivity contribution in [2.24, 2.45) is 0 Å². The minimum atomic E-state index is 0.701. The van der Waals surface area contributed by atoms with Gasteiger partial charge in [-0.15, -0.1) is 0 Å². The Morgan fingerprint density at radius 2 is 1.17 bits per heavy atom. The van der Waals surface area contributed by atoms with Crippen molar-refractivity contribution in [3.8, 4) is 0 Å². The van der Waals surface area contributed by atoms with Crippen LogP contribution in [-0.2, 0) is 0 Å². The molecule has 0 atom stereocenters. The number of anilines is 2. The largest absolute Gasteiger partial charge is 0.382 e. The van der Waals surface area contributed by atoms with Crippen molar-refractivity contribution >= 4 is 11.4 Å². The molecule has 0 amide bonds. The maximum Gasteiger partial charge on any atom is 0.0363 e. The number of rotatable bonds is 4. The lowest BCUT2D eigenvalue weighted by Crippen LogP contribution is -2.16. The van der Waals surface area contributed by atoms with Crippen LogP contribution in [0.4, 0.5) is 11.4 Å². The van der Waals surface area contributed by atoms with E-state index in [-0.39, 0.29) is 0 Å². The van der Waals surface area contributed by atoms with Crippen molar-refractivity contribution in [2.75, 3.05) is 10.6 Å². The average Bonchev–Trinajstić information content (AvgIpc) is 3.03. The molecule has 2 N–H and O–H groups in total. The predicted molar refractivity (Wildman–Crippen MR) is 78.2 cm³/mol. The van der Waals surface area contributed by atoms with Gasteiger partial charge in [0.1, 0.15) is 0 Å². The van der Waals surface area contributed by atoms with Gasteiger partial charge in [0.15, 0.2) is 0 Å². The summed E-state index contributed by atoms with van der Waals surface area (Å²) in [5.74, 6) is 0. The van der Waals surface area contributed by atoms with Gasteiger partial charge in [0.2, 0.25) is 0 Å². The molecular formula is C16H24N2. The molecule has 2 aliphatic carbocycles. The molecule has 18 heavy (non-hydrogen) atoms. The van der Waals surface area contributed by atoms with Crippen LogP contribution in [-0.4, -0.2) is 12.1 Å². The second-order valence-electron chi connectivity index (χ2n) is 5.83. The second kappa shape index (κ2) is 5.64. The lowest BCUT2D eigenvalue weighted by Gasteiger charge is -2.17. The molecule has 0 saturated heterocycles. The van der Waals surface area contributed by atoms with E-state index in [1.807, 2.05) is 0 Å². The molecule has 2 fully saturated rings. The Balaban J connectivity index is 1.60. The van der Waals surface area contributed by atoms with E-state index in [1.54, 1.807) is 0 Å². The third kappa shape index (κ3) is 2.98. The van der Waals surface area contributed by atoms with Gasteiger partial charge < -0.3 is 10.6 Å². The normalized spacial score (nSPS) is 21.3. The zero-order valence-corrected chi connectivity index (χ0v) is 11.1. The summed E-state index contributed by atoms with van der Waals surface area (Å²) >= 11 is 0. The number of benzene rings is 1. The van der Waals surface area contributed by atoms with Gasteiger partial charge in [0.05, 0.1) is 0 Å². The van der Waals surface area contributed by atoms with Crippen LogP contribution in [0, 0.1) is 0 Å². The van der Waals surface area contributed by atoms with Gasteiger partial charge in [-0.3, -0.25) is 0 Å². The first-order valence-electron chi connectivity index (χ1n) is 7.53. The van der Waals surface area contributed by atoms with Crippen molar-refractivity contribution in [3.05, 3.63) is 24.3 Å². The van der Waals surface area contributed by atoms with E-state index in [2.05, 4.69) is 34.9 Å². The molecule has 1 aromatic carbocycles. The Morgan fingerprint density at radius 1 is 0.722 bits per heavy atom. The molecule has 0 heterocycles. The van der Waals surface area contributed by atoms with Crippen molar-refractivity contribution in [3.63, 3.8) is 0 Å². The smallest absolute Gasteiger partial charge is 0.0363 e. The molecule has 0 radical (unpaired) electrons. The molecule has 0 unspecified atom stereocenters. The highest BCUT2D eigenvalue weighted by Gasteiger charge is 2.16. The van der Waals surface area contributed by atoms with E-state index in [0.717, 1.165) is 0 Å². The molecule has 0 aliphatic heterocycles. The Morgan fingerprint density at radius 3 is 1.61 bits per heavy atom. The number of hydrogen-bond donors (Lipinski definition) is 2. The van der Waals surface area contributed by atoms with E-state index in [0.29, 0.717) is 12.1 Å². The molecule has 2 heteroatoms. The van der Waals surface area contributed by atoms with Crippen LogP contribution in [0.5, 0.6) is 0 Å². The first-order chi connectivity index (χ1) is 8.90. The van der Waals surface area contributed by atoms with E-state index in [4.69, 9.17) is 0 Å². The van der Waals surface area contributed by atoms with Crippen molar-refractivity contribution in [1.29, 1.82) is 0 Å². The Bertz CT molecular complexity index is 343. The summed E-state index contributed by atoms with van der Waals surface area (Å²) in [6.45, 7) is 0. The minimum Gasteiger partial charge on any atom is -0.382 e. The third-order valence-electron chi connectivity index (χ3n) is 4.31. The van der Waals surface area contributed by atoms with Gasteiger partial charge in [0, 0.05) is 23.5 Å². The molecule has 0 aromatic heterocycles. The molecule has 2 aliphatic rings. The van der Waals surface area contributed by atoms with E-state index < -0.39 is 0 Å². The fraction of sp³-hybridized carbons (Fsp3) is 0.625. The van der Waals surface area contributed by atoms with Gasteiger partial charge >= 0.3 is 0 Å². The van der Waals surface area contributed by atoms with Gasteiger partial charge in [-0.05, 0) is 43.9 Å². The molecular weight excluding hydrogens is 220 g/mol. The maximum atomic E-state index is 3.67. The monoisotopic (exact) mass is 244 g/mol. The van der Waals surface area contributed by atoms with Crippen LogP contribution in [0.1, 0.15) is 51.4 Å². The highest BCUT2D eigenvalue weighted by Crippen LogP contribution is 2.26. The van der Waals surface area contributed by atoms with Gasteiger partial charge in [0.25, 0.3) is 0 Å². The molecule has 0 spiro atoms. The number of hydrogen-bond acceptors (Lipinski definition) is 2. The molecule has 3 rings (SSSR count). The fourth-order valence-electron chi connectivity index (χ4n) is 3.31. The van der Waals surface area contributed by atoms with Crippen LogP contribution in [0.2, 0.25) is 0 Å². The summed E-state index contributed by atoms with van der Waals surface area (Å²) in [7, 11) is 0. The Kier molecular flexibility index (Phi) is 3.72. The van der Waals surface area contributed by atoms with Gasteiger partial charge in [-0.25, -0.2) is 0 Å².